The van der Waals surface area contributed by atoms with Crippen molar-refractivity contribution in [3.05, 3.63) is 0 Å². The van der Waals surface area contributed by atoms with E-state index in [4.69, 9.17) is 0 Å². The maximum absolute atomic E-state index is 11.8. The topological polar surface area (TPSA) is 44.4 Å². The van der Waals surface area contributed by atoms with E-state index in [1.165, 1.54) is 0 Å². The van der Waals surface area contributed by atoms with Gasteiger partial charge in [-0.15, -0.1) is 0 Å². The zero-order valence-corrected chi connectivity index (χ0v) is 10.4. The van der Waals surface area contributed by atoms with Crippen molar-refractivity contribution in [3.8, 4) is 0 Å². The smallest absolute Gasteiger partial charge is 0.237 e. The molecule has 0 bridgehead atoms. The van der Waals surface area contributed by atoms with E-state index in [1.54, 1.807) is 0 Å². The Morgan fingerprint density at radius 3 is 3.00 bits per heavy atom. The van der Waals surface area contributed by atoms with Crippen LogP contribution in [0.1, 0.15) is 19.3 Å². The second-order valence-electron chi connectivity index (χ2n) is 4.23. The third kappa shape index (κ3) is 2.92. The van der Waals surface area contributed by atoms with Gasteiger partial charge in [-0.25, -0.2) is 0 Å². The third-order valence-electron chi connectivity index (χ3n) is 3.10. The summed E-state index contributed by atoms with van der Waals surface area (Å²) in [5, 5.41) is 6.58. The van der Waals surface area contributed by atoms with Crippen molar-refractivity contribution in [3.63, 3.8) is 0 Å². The van der Waals surface area contributed by atoms with E-state index in [9.17, 15) is 4.79 Å². The van der Waals surface area contributed by atoms with Gasteiger partial charge < -0.3 is 15.5 Å². The van der Waals surface area contributed by atoms with E-state index in [1.807, 2.05) is 4.90 Å². The minimum Gasteiger partial charge on any atom is -0.329 e. The van der Waals surface area contributed by atoms with E-state index >= 15 is 0 Å². The van der Waals surface area contributed by atoms with Gasteiger partial charge in [0.2, 0.25) is 5.91 Å². The molecule has 0 aromatic rings. The minimum absolute atomic E-state index is 0.223. The number of carbonyl (C=O) groups is 1. The molecule has 0 saturated carbocycles. The van der Waals surface area contributed by atoms with Crippen LogP contribution in [0.2, 0.25) is 0 Å². The van der Waals surface area contributed by atoms with E-state index in [2.05, 4.69) is 26.6 Å². The molecule has 0 spiro atoms. The number of nitrogens with one attached hydrogen (secondary N) is 2. The summed E-state index contributed by atoms with van der Waals surface area (Å²) >= 11 is 3.52. The van der Waals surface area contributed by atoms with Gasteiger partial charge in [0.15, 0.2) is 0 Å². The lowest BCUT2D eigenvalue weighted by atomic mass is 10.2. The first kappa shape index (κ1) is 11.4. The number of alkyl halides is 1. The van der Waals surface area contributed by atoms with Gasteiger partial charge in [0.25, 0.3) is 0 Å². The molecule has 86 valence electrons. The number of nitrogens with zero attached hydrogens (tertiary/aromatic N) is 1. The summed E-state index contributed by atoms with van der Waals surface area (Å²) in [4.78, 5) is 14.0. The van der Waals surface area contributed by atoms with Crippen molar-refractivity contribution < 1.29 is 4.79 Å². The first-order valence-electron chi connectivity index (χ1n) is 5.65. The molecule has 2 atom stereocenters. The van der Waals surface area contributed by atoms with Gasteiger partial charge in [0.05, 0.1) is 11.5 Å². The molecule has 2 rings (SSSR count). The summed E-state index contributed by atoms with van der Waals surface area (Å²) in [5.41, 5.74) is 0. The van der Waals surface area contributed by atoms with Gasteiger partial charge in [0, 0.05) is 19.1 Å². The highest BCUT2D eigenvalue weighted by atomic mass is 79.9. The normalized spacial score (nSPS) is 31.1. The van der Waals surface area contributed by atoms with Gasteiger partial charge in [-0.1, -0.05) is 15.9 Å². The molecule has 1 amide bonds. The van der Waals surface area contributed by atoms with Gasteiger partial charge in [-0.2, -0.15) is 0 Å². The largest absolute Gasteiger partial charge is 0.329 e. The standard InChI is InChI=1S/C10H18BrN3O/c11-9-2-1-5-14(9)10(15)7-13-8-3-4-12-6-8/h8-9,12-13H,1-7H2. The Labute approximate surface area is 98.9 Å². The molecule has 5 heteroatoms. The average molecular weight is 276 g/mol. The Kier molecular flexibility index (Phi) is 3.99. The van der Waals surface area contributed by atoms with Crippen LogP contribution >= 0.6 is 15.9 Å². The van der Waals surface area contributed by atoms with Crippen LogP contribution in [0.3, 0.4) is 0 Å². The quantitative estimate of drug-likeness (QED) is 0.575. The van der Waals surface area contributed by atoms with Crippen LogP contribution in [0.5, 0.6) is 0 Å². The molecule has 2 unspecified atom stereocenters. The van der Waals surface area contributed by atoms with E-state index in [0.29, 0.717) is 12.6 Å². The minimum atomic E-state index is 0.223. The van der Waals surface area contributed by atoms with Crippen molar-refractivity contribution in [2.45, 2.75) is 30.3 Å². The van der Waals surface area contributed by atoms with E-state index < -0.39 is 0 Å². The van der Waals surface area contributed by atoms with Gasteiger partial charge in [-0.05, 0) is 25.8 Å². The average Bonchev–Trinajstić information content (AvgIpc) is 2.84. The predicted molar refractivity (Wildman–Crippen MR) is 62.9 cm³/mol. The lowest BCUT2D eigenvalue weighted by Crippen LogP contribution is -2.42. The lowest BCUT2D eigenvalue weighted by molar-refractivity contribution is -0.129. The Hall–Kier alpha value is -0.130. The second-order valence-corrected chi connectivity index (χ2v) is 5.29. The molecule has 2 aliphatic rings. The number of carbonyl (C=O) groups excluding carboxylic acids is 1. The molecule has 2 saturated heterocycles. The third-order valence-corrected chi connectivity index (χ3v) is 4.05. The fraction of sp³-hybridized carbons (Fsp3) is 0.900. The predicted octanol–water partition coefficient (Wildman–Crippen LogP) is 0.281. The fourth-order valence-corrected chi connectivity index (χ4v) is 2.93. The number of hydrogen-bond acceptors (Lipinski definition) is 3. The first-order valence-corrected chi connectivity index (χ1v) is 6.56. The van der Waals surface area contributed by atoms with E-state index in [0.717, 1.165) is 38.9 Å². The highest BCUT2D eigenvalue weighted by Gasteiger charge is 2.26. The van der Waals surface area contributed by atoms with Crippen LogP contribution in [0.25, 0.3) is 0 Å². The Morgan fingerprint density at radius 2 is 2.40 bits per heavy atom. The molecule has 15 heavy (non-hydrogen) atoms. The summed E-state index contributed by atoms with van der Waals surface area (Å²) in [6.07, 6.45) is 3.33. The summed E-state index contributed by atoms with van der Waals surface area (Å²) < 4.78 is 0. The summed E-state index contributed by atoms with van der Waals surface area (Å²) in [5.74, 6) is 0.223. The number of halogens is 1. The van der Waals surface area contributed by atoms with Crippen molar-refractivity contribution in [2.24, 2.45) is 0 Å². The van der Waals surface area contributed by atoms with Crippen molar-refractivity contribution in [1.29, 1.82) is 0 Å². The summed E-state index contributed by atoms with van der Waals surface area (Å²) in [6, 6.07) is 0.477. The number of amides is 1. The molecule has 0 aromatic heterocycles. The lowest BCUT2D eigenvalue weighted by Gasteiger charge is -2.21. The molecule has 0 aliphatic carbocycles. The van der Waals surface area contributed by atoms with Crippen LogP contribution in [0.15, 0.2) is 0 Å². The summed E-state index contributed by atoms with van der Waals surface area (Å²) in [7, 11) is 0. The molecule has 0 radical (unpaired) electrons. The molecule has 2 N–H and O–H groups in total. The highest BCUT2D eigenvalue weighted by Crippen LogP contribution is 2.21. The maximum atomic E-state index is 11.8. The molecule has 0 aromatic carbocycles. The van der Waals surface area contributed by atoms with Crippen molar-refractivity contribution in [1.82, 2.24) is 15.5 Å². The van der Waals surface area contributed by atoms with Crippen LogP contribution in [-0.4, -0.2) is 48.0 Å². The molecule has 2 aliphatic heterocycles. The summed E-state index contributed by atoms with van der Waals surface area (Å²) in [6.45, 7) is 3.44. The Balaban J connectivity index is 1.71. The number of likely N-dealkylation sites (tertiary alicyclic amines) is 1. The zero-order valence-electron chi connectivity index (χ0n) is 8.84. The zero-order chi connectivity index (χ0) is 10.7. The molecular formula is C10H18BrN3O. The SMILES string of the molecule is O=C(CNC1CCNC1)N1CCCC1Br. The van der Waals surface area contributed by atoms with Gasteiger partial charge in [0.1, 0.15) is 0 Å². The van der Waals surface area contributed by atoms with Crippen molar-refractivity contribution in [2.75, 3.05) is 26.2 Å². The van der Waals surface area contributed by atoms with Gasteiger partial charge in [-0.3, -0.25) is 4.79 Å². The Bertz CT molecular complexity index is 231. The molecule has 2 fully saturated rings. The molecular weight excluding hydrogens is 258 g/mol. The van der Waals surface area contributed by atoms with Crippen LogP contribution in [-0.2, 0) is 4.79 Å². The highest BCUT2D eigenvalue weighted by molar-refractivity contribution is 9.09. The first-order chi connectivity index (χ1) is 7.27. The van der Waals surface area contributed by atoms with Crippen LogP contribution in [0, 0.1) is 0 Å². The van der Waals surface area contributed by atoms with Crippen LogP contribution < -0.4 is 10.6 Å². The maximum Gasteiger partial charge on any atom is 0.237 e. The second kappa shape index (κ2) is 5.27. The number of rotatable bonds is 3. The monoisotopic (exact) mass is 275 g/mol. The fourth-order valence-electron chi connectivity index (χ4n) is 2.17. The Morgan fingerprint density at radius 1 is 1.53 bits per heavy atom. The number of hydrogen-bond donors (Lipinski definition) is 2. The van der Waals surface area contributed by atoms with Crippen LogP contribution in [0.4, 0.5) is 0 Å². The van der Waals surface area contributed by atoms with E-state index in [-0.39, 0.29) is 10.9 Å². The molecule has 4 nitrogen and oxygen atoms in total. The van der Waals surface area contributed by atoms with Gasteiger partial charge >= 0.3 is 0 Å². The molecule has 2 heterocycles. The van der Waals surface area contributed by atoms with Crippen molar-refractivity contribution >= 4 is 21.8 Å².